The van der Waals surface area contributed by atoms with Crippen LogP contribution >= 0.6 is 0 Å². The smallest absolute Gasteiger partial charge is 0.243 e. The molecule has 0 aliphatic carbocycles. The third-order valence-electron chi connectivity index (χ3n) is 4.81. The molecule has 1 aliphatic heterocycles. The van der Waals surface area contributed by atoms with E-state index in [0.717, 1.165) is 38.1 Å². The molecule has 8 heteroatoms. The average molecular weight is 383 g/mol. The van der Waals surface area contributed by atoms with E-state index in [-0.39, 0.29) is 16.5 Å². The molecule has 1 fully saturated rings. The van der Waals surface area contributed by atoms with Crippen LogP contribution in [0.1, 0.15) is 25.3 Å². The van der Waals surface area contributed by atoms with Gasteiger partial charge in [-0.15, -0.1) is 0 Å². The van der Waals surface area contributed by atoms with Gasteiger partial charge in [0.1, 0.15) is 11.9 Å². The first-order valence-electron chi connectivity index (χ1n) is 8.88. The maximum absolute atomic E-state index is 13.6. The molecule has 1 unspecified atom stereocenters. The van der Waals surface area contributed by atoms with Crippen molar-refractivity contribution >= 4 is 10.0 Å². The number of halogens is 1. The summed E-state index contributed by atoms with van der Waals surface area (Å²) in [5, 5.41) is 9.01. The molecule has 2 rings (SSSR count). The molecular formula is C18H27FN4O2S. The van der Waals surface area contributed by atoms with Crippen molar-refractivity contribution in [3.05, 3.63) is 29.6 Å². The van der Waals surface area contributed by atoms with Gasteiger partial charge in [-0.25, -0.2) is 12.8 Å². The molecule has 1 aromatic rings. The molecule has 26 heavy (non-hydrogen) atoms. The number of benzene rings is 1. The molecule has 1 aliphatic rings. The number of hydrogen-bond acceptors (Lipinski definition) is 5. The normalized spacial score (nSPS) is 18.6. The molecule has 0 aromatic heterocycles. The lowest BCUT2D eigenvalue weighted by Crippen LogP contribution is -2.45. The Bertz CT molecular complexity index is 761. The maximum atomic E-state index is 13.6. The van der Waals surface area contributed by atoms with Crippen LogP contribution in [0.15, 0.2) is 23.1 Å². The van der Waals surface area contributed by atoms with Gasteiger partial charge in [0.15, 0.2) is 0 Å². The van der Waals surface area contributed by atoms with Crippen LogP contribution in [0.3, 0.4) is 0 Å². The first-order valence-corrected chi connectivity index (χ1v) is 10.3. The van der Waals surface area contributed by atoms with Gasteiger partial charge in [0.2, 0.25) is 10.0 Å². The number of nitrogens with zero attached hydrogens (tertiary/aromatic N) is 4. The Morgan fingerprint density at radius 3 is 2.69 bits per heavy atom. The maximum Gasteiger partial charge on any atom is 0.243 e. The second-order valence-electron chi connectivity index (χ2n) is 6.84. The van der Waals surface area contributed by atoms with E-state index in [9.17, 15) is 12.8 Å². The van der Waals surface area contributed by atoms with Gasteiger partial charge in [-0.1, -0.05) is 6.92 Å². The van der Waals surface area contributed by atoms with E-state index < -0.39 is 15.8 Å². The molecule has 0 bridgehead atoms. The SMILES string of the molecule is CCN1CCCC1CN(CCN(C)C)S(=O)(=O)c1ccc(F)c(C#N)c1. The average Bonchev–Trinajstić information content (AvgIpc) is 3.05. The lowest BCUT2D eigenvalue weighted by atomic mass is 10.2. The van der Waals surface area contributed by atoms with Gasteiger partial charge in [0, 0.05) is 25.7 Å². The van der Waals surface area contributed by atoms with E-state index in [0.29, 0.717) is 19.6 Å². The largest absolute Gasteiger partial charge is 0.308 e. The lowest BCUT2D eigenvalue weighted by molar-refractivity contribution is 0.220. The fraction of sp³-hybridized carbons (Fsp3) is 0.611. The van der Waals surface area contributed by atoms with E-state index in [4.69, 9.17) is 5.26 Å². The molecule has 0 N–H and O–H groups in total. The topological polar surface area (TPSA) is 67.7 Å². The number of nitriles is 1. The Labute approximate surface area is 155 Å². The van der Waals surface area contributed by atoms with Crippen LogP contribution in [0.25, 0.3) is 0 Å². The number of hydrogen-bond donors (Lipinski definition) is 0. The van der Waals surface area contributed by atoms with Crippen LogP contribution in [0.5, 0.6) is 0 Å². The zero-order valence-electron chi connectivity index (χ0n) is 15.7. The van der Waals surface area contributed by atoms with Gasteiger partial charge >= 0.3 is 0 Å². The Balaban J connectivity index is 2.31. The minimum Gasteiger partial charge on any atom is -0.308 e. The highest BCUT2D eigenvalue weighted by molar-refractivity contribution is 7.89. The Morgan fingerprint density at radius 1 is 1.35 bits per heavy atom. The number of sulfonamides is 1. The van der Waals surface area contributed by atoms with Crippen LogP contribution in [0, 0.1) is 17.1 Å². The third-order valence-corrected chi connectivity index (χ3v) is 6.67. The third kappa shape index (κ3) is 4.80. The highest BCUT2D eigenvalue weighted by atomic mass is 32.2. The molecule has 0 spiro atoms. The minimum atomic E-state index is -3.80. The van der Waals surface area contributed by atoms with Crippen molar-refractivity contribution in [3.8, 4) is 6.07 Å². The van der Waals surface area contributed by atoms with Crippen LogP contribution in [0.2, 0.25) is 0 Å². The molecule has 0 radical (unpaired) electrons. The van der Waals surface area contributed by atoms with Crippen LogP contribution in [0.4, 0.5) is 4.39 Å². The Morgan fingerprint density at radius 2 is 2.08 bits per heavy atom. The van der Waals surface area contributed by atoms with Crippen LogP contribution in [-0.2, 0) is 10.0 Å². The molecule has 6 nitrogen and oxygen atoms in total. The molecule has 1 saturated heterocycles. The van der Waals surface area contributed by atoms with Crippen molar-refractivity contribution in [2.45, 2.75) is 30.7 Å². The Kier molecular flexibility index (Phi) is 7.12. The highest BCUT2D eigenvalue weighted by Gasteiger charge is 2.31. The second-order valence-corrected chi connectivity index (χ2v) is 8.78. The molecule has 144 valence electrons. The van der Waals surface area contributed by atoms with E-state index in [2.05, 4.69) is 11.8 Å². The molecule has 1 heterocycles. The summed E-state index contributed by atoms with van der Waals surface area (Å²) in [6, 6.07) is 5.31. The summed E-state index contributed by atoms with van der Waals surface area (Å²) in [5.41, 5.74) is -0.255. The quantitative estimate of drug-likeness (QED) is 0.685. The van der Waals surface area contributed by atoms with E-state index in [1.807, 2.05) is 19.0 Å². The van der Waals surface area contributed by atoms with Crippen molar-refractivity contribution in [1.29, 1.82) is 5.26 Å². The first-order chi connectivity index (χ1) is 12.3. The molecule has 0 amide bonds. The van der Waals surface area contributed by atoms with Crippen LogP contribution < -0.4 is 0 Å². The predicted octanol–water partition coefficient (Wildman–Crippen LogP) is 1.73. The lowest BCUT2D eigenvalue weighted by Gasteiger charge is -2.30. The zero-order valence-corrected chi connectivity index (χ0v) is 16.5. The molecule has 1 aromatic carbocycles. The van der Waals surface area contributed by atoms with Gasteiger partial charge < -0.3 is 4.90 Å². The fourth-order valence-electron chi connectivity index (χ4n) is 3.27. The summed E-state index contributed by atoms with van der Waals surface area (Å²) < 4.78 is 41.4. The summed E-state index contributed by atoms with van der Waals surface area (Å²) in [5.74, 6) is -0.709. The fourth-order valence-corrected chi connectivity index (χ4v) is 4.77. The molecule has 1 atom stereocenters. The number of likely N-dealkylation sites (tertiary alicyclic amines) is 1. The summed E-state index contributed by atoms with van der Waals surface area (Å²) in [6.07, 6.45) is 2.03. The number of rotatable bonds is 8. The van der Waals surface area contributed by atoms with Gasteiger partial charge in [-0.3, -0.25) is 4.90 Å². The van der Waals surface area contributed by atoms with Crippen molar-refractivity contribution in [3.63, 3.8) is 0 Å². The van der Waals surface area contributed by atoms with Crippen LogP contribution in [-0.4, -0.2) is 75.4 Å². The van der Waals surface area contributed by atoms with Crippen molar-refractivity contribution in [2.75, 3.05) is 46.8 Å². The van der Waals surface area contributed by atoms with Gasteiger partial charge in [-0.05, 0) is 58.2 Å². The van der Waals surface area contributed by atoms with Gasteiger partial charge in [-0.2, -0.15) is 9.57 Å². The van der Waals surface area contributed by atoms with Crippen molar-refractivity contribution < 1.29 is 12.8 Å². The molecule has 0 saturated carbocycles. The monoisotopic (exact) mass is 382 g/mol. The minimum absolute atomic E-state index is 0.0322. The standard InChI is InChI=1S/C18H27FN4O2S/c1-4-22-9-5-6-16(22)14-23(11-10-21(2)3)26(24,25)17-7-8-18(19)15(12-17)13-20/h7-8,12,16H,4-6,9-11,14H2,1-3H3. The highest BCUT2D eigenvalue weighted by Crippen LogP contribution is 2.23. The second kappa shape index (κ2) is 8.91. The summed E-state index contributed by atoms with van der Waals surface area (Å²) in [7, 11) is -0.0165. The van der Waals surface area contributed by atoms with Gasteiger partial charge in [0.05, 0.1) is 10.5 Å². The summed E-state index contributed by atoms with van der Waals surface area (Å²) in [4.78, 5) is 4.19. The number of likely N-dealkylation sites (N-methyl/N-ethyl adjacent to an activating group) is 2. The van der Waals surface area contributed by atoms with Crippen molar-refractivity contribution in [2.24, 2.45) is 0 Å². The van der Waals surface area contributed by atoms with E-state index in [1.54, 1.807) is 6.07 Å². The van der Waals surface area contributed by atoms with Crippen molar-refractivity contribution in [1.82, 2.24) is 14.1 Å². The summed E-state index contributed by atoms with van der Waals surface area (Å²) in [6.45, 7) is 5.30. The Hall–Kier alpha value is -1.53. The molecular weight excluding hydrogens is 355 g/mol. The van der Waals surface area contributed by atoms with E-state index >= 15 is 0 Å². The van der Waals surface area contributed by atoms with E-state index in [1.165, 1.54) is 10.4 Å². The van der Waals surface area contributed by atoms with Gasteiger partial charge in [0.25, 0.3) is 0 Å². The predicted molar refractivity (Wildman–Crippen MR) is 98.7 cm³/mol. The zero-order chi connectivity index (χ0) is 19.3. The first kappa shape index (κ1) is 20.8. The summed E-state index contributed by atoms with van der Waals surface area (Å²) >= 11 is 0.